The van der Waals surface area contributed by atoms with Crippen LogP contribution in [0.1, 0.15) is 139 Å². The van der Waals surface area contributed by atoms with Crippen molar-refractivity contribution in [1.82, 2.24) is 0 Å². The highest BCUT2D eigenvalue weighted by Gasteiger charge is 2.58. The average Bonchev–Trinajstić information content (AvgIpc) is 2.92. The van der Waals surface area contributed by atoms with E-state index in [2.05, 4.69) is 54.5 Å². The molecule has 0 aromatic heterocycles. The Morgan fingerprint density at radius 3 is 2.29 bits per heavy atom. The first kappa shape index (κ1) is 34.3. The van der Waals surface area contributed by atoms with Crippen LogP contribution in [0.25, 0.3) is 0 Å². The average molecular weight is 580 g/mol. The zero-order valence-electron chi connectivity index (χ0n) is 28.1. The predicted molar refractivity (Wildman–Crippen MR) is 168 cm³/mol. The van der Waals surface area contributed by atoms with E-state index in [0.717, 1.165) is 82.6 Å². The summed E-state index contributed by atoms with van der Waals surface area (Å²) in [5.41, 5.74) is -0.139. The Morgan fingerprint density at radius 2 is 1.71 bits per heavy atom. The second-order valence-electron chi connectivity index (χ2n) is 15.8. The maximum absolute atomic E-state index is 13.8. The first-order valence-corrected chi connectivity index (χ1v) is 16.6. The topological polar surface area (TPSA) is 84.2 Å². The molecule has 3 aliphatic rings. The summed E-state index contributed by atoms with van der Waals surface area (Å²) in [5.74, 6) is -0.333. The molecule has 0 aromatic rings. The smallest absolute Gasteiger partial charge is 0.312 e. The molecule has 5 nitrogen and oxygen atoms in total. The van der Waals surface area contributed by atoms with Gasteiger partial charge in [-0.15, -0.1) is 0 Å². The Kier molecular flexibility index (Phi) is 10.4. The lowest BCUT2D eigenvalue weighted by Crippen LogP contribution is -2.53. The highest BCUT2D eigenvalue weighted by atomic mass is 16.5. The van der Waals surface area contributed by atoms with Crippen LogP contribution in [0.4, 0.5) is 0 Å². The van der Waals surface area contributed by atoms with E-state index in [0.29, 0.717) is 6.61 Å². The van der Waals surface area contributed by atoms with E-state index in [1.165, 1.54) is 0 Å². The molecule has 3 rings (SSSR count). The number of hydrogen-bond donors (Lipinski definition) is 0. The molecule has 0 N–H and O–H groups in total. The molecule has 0 aliphatic heterocycles. The number of allylic oxidation sites excluding steroid dienone is 4. The molecule has 3 aliphatic carbocycles. The third kappa shape index (κ3) is 6.63. The van der Waals surface area contributed by atoms with E-state index >= 15 is 0 Å². The second kappa shape index (κ2) is 12.8. The molecular formula is C37H57NO4. The number of rotatable bonds is 11. The van der Waals surface area contributed by atoms with Crippen molar-refractivity contribution in [2.75, 3.05) is 6.61 Å². The van der Waals surface area contributed by atoms with Crippen LogP contribution < -0.4 is 0 Å². The van der Waals surface area contributed by atoms with Gasteiger partial charge >= 0.3 is 5.97 Å². The van der Waals surface area contributed by atoms with Crippen LogP contribution in [0.15, 0.2) is 23.3 Å². The second-order valence-corrected chi connectivity index (χ2v) is 15.8. The van der Waals surface area contributed by atoms with Crippen molar-refractivity contribution in [2.24, 2.45) is 38.9 Å². The van der Waals surface area contributed by atoms with Crippen LogP contribution in [0, 0.1) is 50.2 Å². The van der Waals surface area contributed by atoms with E-state index in [9.17, 15) is 19.6 Å². The predicted octanol–water partition coefficient (Wildman–Crippen LogP) is 9.11. The Labute approximate surface area is 255 Å². The number of ketones is 2. The van der Waals surface area contributed by atoms with Crippen molar-refractivity contribution in [3.8, 4) is 6.07 Å². The summed E-state index contributed by atoms with van der Waals surface area (Å²) in [6, 6.07) is 2.15. The third-order valence-electron chi connectivity index (χ3n) is 12.0. The van der Waals surface area contributed by atoms with Crippen LogP contribution in [0.2, 0.25) is 0 Å². The SMILES string of the molecule is CCCCCCOC(=O)C1(CCC(C)(C)[C@]2(C)CC[C@H]3[C@H](C)C(=O)C(C#N)=C[C@]3(C)/C2=C/C(C)=O)CCC(C)(C)CC1. The molecule has 0 unspecified atom stereocenters. The molecule has 4 atom stereocenters. The zero-order chi connectivity index (χ0) is 31.6. The Morgan fingerprint density at radius 1 is 1.07 bits per heavy atom. The van der Waals surface area contributed by atoms with Gasteiger partial charge in [0.1, 0.15) is 6.07 Å². The van der Waals surface area contributed by atoms with Crippen LogP contribution in [-0.4, -0.2) is 24.1 Å². The molecule has 234 valence electrons. The lowest BCUT2D eigenvalue weighted by atomic mass is 9.44. The van der Waals surface area contributed by atoms with Crippen LogP contribution in [-0.2, 0) is 19.1 Å². The minimum Gasteiger partial charge on any atom is -0.465 e. The lowest BCUT2D eigenvalue weighted by Gasteiger charge is -2.59. The van der Waals surface area contributed by atoms with Gasteiger partial charge in [-0.3, -0.25) is 14.4 Å². The summed E-state index contributed by atoms with van der Waals surface area (Å²) in [6.45, 7) is 19.8. The van der Waals surface area contributed by atoms with Gasteiger partial charge in [0, 0.05) is 11.3 Å². The van der Waals surface area contributed by atoms with Crippen molar-refractivity contribution >= 4 is 17.5 Å². The molecule has 5 heteroatoms. The van der Waals surface area contributed by atoms with E-state index in [1.54, 1.807) is 13.0 Å². The molecule has 0 aromatic carbocycles. The molecule has 0 heterocycles. The van der Waals surface area contributed by atoms with Crippen LogP contribution in [0.3, 0.4) is 0 Å². The number of nitrogens with zero attached hydrogens (tertiary/aromatic N) is 1. The van der Waals surface area contributed by atoms with Crippen molar-refractivity contribution < 1.29 is 19.1 Å². The molecule has 0 bridgehead atoms. The maximum atomic E-state index is 13.8. The van der Waals surface area contributed by atoms with Gasteiger partial charge in [-0.05, 0) is 93.0 Å². The fraction of sp³-hybridized carbons (Fsp3) is 0.784. The summed E-state index contributed by atoms with van der Waals surface area (Å²) in [4.78, 5) is 39.5. The fourth-order valence-corrected chi connectivity index (χ4v) is 8.37. The summed E-state index contributed by atoms with van der Waals surface area (Å²) in [6.07, 6.45) is 15.0. The lowest BCUT2D eigenvalue weighted by molar-refractivity contribution is -0.161. The minimum atomic E-state index is -0.557. The van der Waals surface area contributed by atoms with Crippen molar-refractivity contribution in [2.45, 2.75) is 139 Å². The molecule has 0 amide bonds. The number of unbranched alkanes of at least 4 members (excludes halogenated alkanes) is 3. The third-order valence-corrected chi connectivity index (χ3v) is 12.0. The van der Waals surface area contributed by atoms with E-state index in [1.807, 2.05) is 13.0 Å². The van der Waals surface area contributed by atoms with Crippen LogP contribution in [0.5, 0.6) is 0 Å². The standard InChI is InChI=1S/C37H57NO4/c1-10-11-12-13-22-42-32(41)37(19-16-33(4,5)17-20-37)21-18-34(6,7)36(9)15-14-29-27(3)31(40)28(25-38)24-35(29,8)30(36)23-26(2)39/h23-24,27,29H,10-22H2,1-9H3/b30-23-/t27-,29-,35-,36+/m0/s1. The Bertz CT molecular complexity index is 1140. The zero-order valence-corrected chi connectivity index (χ0v) is 28.1. The van der Waals surface area contributed by atoms with E-state index in [-0.39, 0.29) is 51.2 Å². The van der Waals surface area contributed by atoms with Crippen LogP contribution >= 0.6 is 0 Å². The molecule has 0 saturated heterocycles. The number of Topliss-reactive ketones (excluding diaryl/α,β-unsaturated/α-hetero) is 1. The van der Waals surface area contributed by atoms with Gasteiger partial charge in [0.15, 0.2) is 11.6 Å². The molecule has 42 heavy (non-hydrogen) atoms. The van der Waals surface area contributed by atoms with Crippen molar-refractivity contribution in [3.63, 3.8) is 0 Å². The number of esters is 1. The van der Waals surface area contributed by atoms with Gasteiger partial charge in [0.2, 0.25) is 0 Å². The van der Waals surface area contributed by atoms with Gasteiger partial charge in [-0.25, -0.2) is 0 Å². The maximum Gasteiger partial charge on any atom is 0.312 e. The Hall–Kier alpha value is -2.22. The minimum absolute atomic E-state index is 0.0111. The fourth-order valence-electron chi connectivity index (χ4n) is 8.37. The first-order valence-electron chi connectivity index (χ1n) is 16.6. The molecule has 0 spiro atoms. The van der Waals surface area contributed by atoms with E-state index < -0.39 is 10.8 Å². The summed E-state index contributed by atoms with van der Waals surface area (Å²) in [5, 5.41) is 9.82. The molecule has 2 fully saturated rings. The number of carbonyl (C=O) groups is 3. The molecule has 2 saturated carbocycles. The van der Waals surface area contributed by atoms with Gasteiger partial charge in [-0.2, -0.15) is 5.26 Å². The number of ether oxygens (including phenoxy) is 1. The van der Waals surface area contributed by atoms with Crippen molar-refractivity contribution in [3.05, 3.63) is 23.3 Å². The number of nitriles is 1. The Balaban J connectivity index is 1.94. The summed E-state index contributed by atoms with van der Waals surface area (Å²) < 4.78 is 5.98. The number of hydrogen-bond acceptors (Lipinski definition) is 5. The number of carbonyl (C=O) groups excluding carboxylic acids is 3. The highest BCUT2D eigenvalue weighted by molar-refractivity contribution is 6.02. The van der Waals surface area contributed by atoms with Gasteiger partial charge in [-0.1, -0.05) is 86.3 Å². The van der Waals surface area contributed by atoms with E-state index in [4.69, 9.17) is 4.74 Å². The largest absolute Gasteiger partial charge is 0.465 e. The number of fused-ring (bicyclic) bond motifs is 1. The van der Waals surface area contributed by atoms with Gasteiger partial charge in [0.05, 0.1) is 17.6 Å². The van der Waals surface area contributed by atoms with Gasteiger partial charge in [0.25, 0.3) is 0 Å². The molecular weight excluding hydrogens is 522 g/mol. The highest BCUT2D eigenvalue weighted by Crippen LogP contribution is 2.65. The normalized spacial score (nSPS) is 31.6. The summed E-state index contributed by atoms with van der Waals surface area (Å²) in [7, 11) is 0. The first-order chi connectivity index (χ1) is 19.5. The van der Waals surface area contributed by atoms with Gasteiger partial charge < -0.3 is 4.74 Å². The quantitative estimate of drug-likeness (QED) is 0.138. The van der Waals surface area contributed by atoms with Crippen molar-refractivity contribution in [1.29, 1.82) is 5.26 Å². The summed E-state index contributed by atoms with van der Waals surface area (Å²) >= 11 is 0. The molecule has 0 radical (unpaired) electrons. The monoisotopic (exact) mass is 579 g/mol.